The topological polar surface area (TPSA) is 92.1 Å². The Morgan fingerprint density at radius 1 is 0.973 bits per heavy atom. The molecule has 2 aliphatic rings. The van der Waals surface area contributed by atoms with Gasteiger partial charge in [0.05, 0.1) is 16.6 Å². The van der Waals surface area contributed by atoms with Crippen molar-refractivity contribution in [2.45, 2.75) is 44.9 Å². The molecule has 6 rings (SSSR count). The number of carbonyl (C=O) groups is 2. The first kappa shape index (κ1) is 23.4. The van der Waals surface area contributed by atoms with E-state index in [0.717, 1.165) is 83.1 Å². The van der Waals surface area contributed by atoms with Crippen LogP contribution in [0.1, 0.15) is 57.6 Å². The Kier molecular flexibility index (Phi) is 6.19. The second-order valence-electron chi connectivity index (χ2n) is 9.50. The summed E-state index contributed by atoms with van der Waals surface area (Å²) in [5.41, 5.74) is 7.02. The van der Waals surface area contributed by atoms with E-state index >= 15 is 0 Å². The Bertz CT molecular complexity index is 1600. The molecule has 1 amide bonds. The fourth-order valence-electron chi connectivity index (χ4n) is 5.50. The summed E-state index contributed by atoms with van der Waals surface area (Å²) in [5, 5.41) is 13.9. The molecular weight excluding hydrogens is 482 g/mol. The number of hydrogen-bond donors (Lipinski definition) is 1. The summed E-state index contributed by atoms with van der Waals surface area (Å²) in [4.78, 5) is 32.1. The highest BCUT2D eigenvalue weighted by molar-refractivity contribution is 7.20. The molecule has 2 aromatic heterocycles. The number of thiophene rings is 1. The maximum atomic E-state index is 13.3. The predicted octanol–water partition coefficient (Wildman–Crippen LogP) is 6.00. The lowest BCUT2D eigenvalue weighted by Crippen LogP contribution is -2.22. The molecule has 0 spiro atoms. The van der Waals surface area contributed by atoms with E-state index in [-0.39, 0.29) is 0 Å². The van der Waals surface area contributed by atoms with Crippen molar-refractivity contribution in [1.82, 2.24) is 4.98 Å². The van der Waals surface area contributed by atoms with E-state index in [9.17, 15) is 14.9 Å². The summed E-state index contributed by atoms with van der Waals surface area (Å²) >= 11 is 1.41. The van der Waals surface area contributed by atoms with E-state index in [1.54, 1.807) is 0 Å². The van der Waals surface area contributed by atoms with Crippen molar-refractivity contribution < 1.29 is 14.3 Å². The smallest absolute Gasteiger partial charge is 0.339 e. The quantitative estimate of drug-likeness (QED) is 0.270. The minimum atomic E-state index is -0.508. The summed E-state index contributed by atoms with van der Waals surface area (Å²) < 4.78 is 5.55. The van der Waals surface area contributed by atoms with Crippen LogP contribution >= 0.6 is 11.3 Å². The van der Waals surface area contributed by atoms with Crippen LogP contribution in [0.2, 0.25) is 0 Å². The number of anilines is 1. The molecule has 7 heteroatoms. The largest absolute Gasteiger partial charge is 0.452 e. The average molecular weight is 508 g/mol. The first-order valence-electron chi connectivity index (χ1n) is 12.7. The van der Waals surface area contributed by atoms with Crippen LogP contribution in [0.5, 0.6) is 0 Å². The van der Waals surface area contributed by atoms with Crippen molar-refractivity contribution in [1.29, 1.82) is 5.26 Å². The van der Waals surface area contributed by atoms with E-state index in [2.05, 4.69) is 23.5 Å². The van der Waals surface area contributed by atoms with E-state index < -0.39 is 18.5 Å². The first-order chi connectivity index (χ1) is 18.1. The zero-order valence-corrected chi connectivity index (χ0v) is 21.1. The number of amides is 1. The van der Waals surface area contributed by atoms with Gasteiger partial charge in [-0.15, -0.1) is 11.3 Å². The minimum Gasteiger partial charge on any atom is -0.452 e. The molecule has 6 nitrogen and oxygen atoms in total. The molecule has 0 saturated heterocycles. The van der Waals surface area contributed by atoms with Crippen molar-refractivity contribution in [2.75, 3.05) is 11.9 Å². The molecule has 4 aromatic rings. The molecule has 184 valence electrons. The third-order valence-corrected chi connectivity index (χ3v) is 8.42. The minimum absolute atomic E-state index is 0.422. The summed E-state index contributed by atoms with van der Waals surface area (Å²) in [5.74, 6) is -0.965. The molecule has 2 heterocycles. The number of ether oxygens (including phenoxy) is 1. The Balaban J connectivity index is 1.24. The summed E-state index contributed by atoms with van der Waals surface area (Å²) in [7, 11) is 0. The summed E-state index contributed by atoms with van der Waals surface area (Å²) in [6.07, 6.45) is 6.38. The highest BCUT2D eigenvalue weighted by atomic mass is 32.1. The highest BCUT2D eigenvalue weighted by Gasteiger charge is 2.26. The first-order valence-corrected chi connectivity index (χ1v) is 13.5. The third-order valence-electron chi connectivity index (χ3n) is 7.24. The number of carbonyl (C=O) groups excluding carboxylic acids is 2. The molecule has 0 bridgehead atoms. The third kappa shape index (κ3) is 4.28. The molecule has 0 unspecified atom stereocenters. The van der Waals surface area contributed by atoms with Crippen molar-refractivity contribution in [3.05, 3.63) is 82.0 Å². The second-order valence-corrected chi connectivity index (χ2v) is 10.5. The van der Waals surface area contributed by atoms with Gasteiger partial charge >= 0.3 is 5.97 Å². The number of para-hydroxylation sites is 1. The van der Waals surface area contributed by atoms with Gasteiger partial charge in [0.1, 0.15) is 11.1 Å². The van der Waals surface area contributed by atoms with Crippen LogP contribution < -0.4 is 5.32 Å². The van der Waals surface area contributed by atoms with E-state index in [4.69, 9.17) is 9.72 Å². The molecule has 2 aromatic carbocycles. The Labute approximate surface area is 218 Å². The number of rotatable bonds is 4. The molecule has 0 radical (unpaired) electrons. The Morgan fingerprint density at radius 3 is 2.68 bits per heavy atom. The number of nitriles is 1. The predicted molar refractivity (Wildman–Crippen MR) is 144 cm³/mol. The lowest BCUT2D eigenvalue weighted by molar-refractivity contribution is -0.119. The van der Waals surface area contributed by atoms with E-state index in [1.807, 2.05) is 36.4 Å². The number of pyridine rings is 1. The SMILES string of the molecule is N#Cc1c(NC(=O)COC(=O)c2c3c(nc4ccccc24)CCCCC3)sc2c1CCc1ccccc1-2. The monoisotopic (exact) mass is 507 g/mol. The molecule has 0 saturated carbocycles. The zero-order valence-electron chi connectivity index (χ0n) is 20.3. The Morgan fingerprint density at radius 2 is 1.78 bits per heavy atom. The number of aryl methyl sites for hydroxylation is 2. The lowest BCUT2D eigenvalue weighted by atomic mass is 9.90. The van der Waals surface area contributed by atoms with E-state index in [0.29, 0.717) is 16.1 Å². The van der Waals surface area contributed by atoms with Crippen molar-refractivity contribution >= 4 is 39.1 Å². The number of fused-ring (bicyclic) bond motifs is 5. The van der Waals surface area contributed by atoms with Gasteiger partial charge in [0.2, 0.25) is 0 Å². The molecule has 2 aliphatic carbocycles. The van der Waals surface area contributed by atoms with Crippen LogP contribution in [-0.2, 0) is 35.2 Å². The zero-order chi connectivity index (χ0) is 25.4. The number of nitrogens with one attached hydrogen (secondary N) is 1. The van der Waals surface area contributed by atoms with Crippen LogP contribution in [0.4, 0.5) is 5.00 Å². The van der Waals surface area contributed by atoms with Crippen LogP contribution in [0.3, 0.4) is 0 Å². The van der Waals surface area contributed by atoms with Gasteiger partial charge in [0, 0.05) is 16.0 Å². The number of esters is 1. The highest BCUT2D eigenvalue weighted by Crippen LogP contribution is 2.44. The maximum Gasteiger partial charge on any atom is 0.339 e. The van der Waals surface area contributed by atoms with Crippen LogP contribution in [-0.4, -0.2) is 23.5 Å². The molecular formula is C30H25N3O3S. The summed E-state index contributed by atoms with van der Waals surface area (Å²) in [6, 6.07) is 18.0. The Hall–Kier alpha value is -4.02. The molecule has 1 N–H and O–H groups in total. The van der Waals surface area contributed by atoms with E-state index in [1.165, 1.54) is 16.9 Å². The van der Waals surface area contributed by atoms with Gasteiger partial charge in [-0.3, -0.25) is 9.78 Å². The maximum absolute atomic E-state index is 13.3. The van der Waals surface area contributed by atoms with Crippen molar-refractivity contribution in [3.8, 4) is 16.5 Å². The van der Waals surface area contributed by atoms with Crippen molar-refractivity contribution in [3.63, 3.8) is 0 Å². The van der Waals surface area contributed by atoms with Gasteiger partial charge in [-0.2, -0.15) is 5.26 Å². The van der Waals surface area contributed by atoms with Crippen LogP contribution in [0.25, 0.3) is 21.3 Å². The number of nitrogens with zero attached hydrogens (tertiary/aromatic N) is 2. The molecule has 0 aliphatic heterocycles. The normalized spacial score (nSPS) is 14.0. The number of aromatic nitrogens is 1. The fourth-order valence-corrected chi connectivity index (χ4v) is 6.77. The van der Waals surface area contributed by atoms with Gasteiger partial charge in [0.15, 0.2) is 6.61 Å². The van der Waals surface area contributed by atoms with Gasteiger partial charge in [-0.25, -0.2) is 4.79 Å². The van der Waals surface area contributed by atoms with Gasteiger partial charge < -0.3 is 10.1 Å². The second kappa shape index (κ2) is 9.79. The standard InChI is InChI=1S/C30H25N3O3S/c31-16-23-20-15-14-18-8-4-5-9-19(18)28(20)37-29(23)33-26(34)17-36-30(35)27-21-10-2-1-3-12-24(21)32-25-13-7-6-11-22(25)27/h4-9,11,13H,1-3,10,12,14-15,17H2,(H,33,34). The summed E-state index contributed by atoms with van der Waals surface area (Å²) in [6.45, 7) is -0.422. The van der Waals surface area contributed by atoms with Crippen molar-refractivity contribution in [2.24, 2.45) is 0 Å². The van der Waals surface area contributed by atoms with Gasteiger partial charge in [0.25, 0.3) is 5.91 Å². The molecule has 0 fully saturated rings. The molecule has 37 heavy (non-hydrogen) atoms. The molecule has 0 atom stereocenters. The van der Waals surface area contributed by atoms with Crippen LogP contribution in [0, 0.1) is 11.3 Å². The van der Waals surface area contributed by atoms with Crippen LogP contribution in [0.15, 0.2) is 48.5 Å². The average Bonchev–Trinajstić information content (AvgIpc) is 3.11. The lowest BCUT2D eigenvalue weighted by Gasteiger charge is -2.15. The number of hydrogen-bond acceptors (Lipinski definition) is 6. The van der Waals surface area contributed by atoms with Gasteiger partial charge in [-0.05, 0) is 66.8 Å². The fraction of sp³-hybridized carbons (Fsp3) is 0.267. The number of benzene rings is 2. The van der Waals surface area contributed by atoms with Gasteiger partial charge in [-0.1, -0.05) is 48.9 Å².